The first-order chi connectivity index (χ1) is 8.88. The lowest BCUT2D eigenvalue weighted by molar-refractivity contribution is 0.841. The van der Waals surface area contributed by atoms with Crippen molar-refractivity contribution in [3.63, 3.8) is 0 Å². The van der Waals surface area contributed by atoms with Crippen molar-refractivity contribution in [1.82, 2.24) is 4.98 Å². The lowest BCUT2D eigenvalue weighted by Gasteiger charge is -2.28. The van der Waals surface area contributed by atoms with Crippen LogP contribution in [0.1, 0.15) is 5.56 Å². The number of rotatable bonds is 1. The first-order valence-corrected chi connectivity index (χ1v) is 7.16. The highest BCUT2D eigenvalue weighted by Gasteiger charge is 2.16. The molecule has 3 nitrogen and oxygen atoms in total. The second-order valence-corrected chi connectivity index (χ2v) is 5.49. The summed E-state index contributed by atoms with van der Waals surface area (Å²) in [7, 11) is 0. The fourth-order valence-corrected chi connectivity index (χ4v) is 3.11. The quantitative estimate of drug-likeness (QED) is 0.785. The van der Waals surface area contributed by atoms with Gasteiger partial charge in [-0.2, -0.15) is 17.0 Å². The fourth-order valence-electron chi connectivity index (χ4n) is 2.20. The predicted molar refractivity (Wildman–Crippen MR) is 76.0 cm³/mol. The van der Waals surface area contributed by atoms with Crippen LogP contribution in [0.25, 0.3) is 10.9 Å². The Morgan fingerprint density at radius 2 is 2.00 bits per heavy atom. The van der Waals surface area contributed by atoms with Gasteiger partial charge in [0.15, 0.2) is 0 Å². The summed E-state index contributed by atoms with van der Waals surface area (Å²) >= 11 is 1.96. The highest BCUT2D eigenvalue weighted by atomic mass is 32.2. The highest BCUT2D eigenvalue weighted by molar-refractivity contribution is 7.99. The minimum atomic E-state index is 0.681. The Labute approximate surface area is 110 Å². The van der Waals surface area contributed by atoms with Crippen LogP contribution in [-0.2, 0) is 0 Å². The number of hydrogen-bond acceptors (Lipinski definition) is 4. The lowest BCUT2D eigenvalue weighted by Crippen LogP contribution is -2.33. The molecule has 0 atom stereocenters. The molecule has 1 aliphatic heterocycles. The van der Waals surface area contributed by atoms with Crippen LogP contribution < -0.4 is 4.90 Å². The van der Waals surface area contributed by atoms with Crippen LogP contribution in [-0.4, -0.2) is 29.6 Å². The van der Waals surface area contributed by atoms with Crippen LogP contribution >= 0.6 is 11.8 Å². The van der Waals surface area contributed by atoms with Gasteiger partial charge < -0.3 is 4.90 Å². The second kappa shape index (κ2) is 4.87. The monoisotopic (exact) mass is 255 g/mol. The van der Waals surface area contributed by atoms with E-state index in [1.165, 1.54) is 0 Å². The van der Waals surface area contributed by atoms with Crippen LogP contribution in [0.3, 0.4) is 0 Å². The number of hydrogen-bond donors (Lipinski definition) is 0. The molecular weight excluding hydrogens is 242 g/mol. The summed E-state index contributed by atoms with van der Waals surface area (Å²) in [6.07, 6.45) is 0. The van der Waals surface area contributed by atoms with Crippen LogP contribution in [0, 0.1) is 11.3 Å². The number of fused-ring (bicyclic) bond motifs is 1. The van der Waals surface area contributed by atoms with E-state index in [-0.39, 0.29) is 0 Å². The van der Waals surface area contributed by atoms with Gasteiger partial charge in [-0.25, -0.2) is 4.98 Å². The largest absolute Gasteiger partial charge is 0.354 e. The van der Waals surface area contributed by atoms with Gasteiger partial charge in [-0.05, 0) is 12.1 Å². The Bertz CT molecular complexity index is 612. The van der Waals surface area contributed by atoms with E-state index >= 15 is 0 Å². The summed E-state index contributed by atoms with van der Waals surface area (Å²) in [5.41, 5.74) is 1.64. The van der Waals surface area contributed by atoms with E-state index in [1.54, 1.807) is 0 Å². The molecule has 18 heavy (non-hydrogen) atoms. The van der Waals surface area contributed by atoms with E-state index < -0.39 is 0 Å². The number of thioether (sulfide) groups is 1. The molecule has 0 bridgehead atoms. The van der Waals surface area contributed by atoms with Crippen molar-refractivity contribution < 1.29 is 0 Å². The second-order valence-electron chi connectivity index (χ2n) is 4.26. The molecule has 2 aromatic rings. The maximum Gasteiger partial charge on any atom is 0.147 e. The smallest absolute Gasteiger partial charge is 0.147 e. The molecule has 1 saturated heterocycles. The first kappa shape index (κ1) is 11.4. The van der Waals surface area contributed by atoms with Gasteiger partial charge in [0.05, 0.1) is 11.1 Å². The minimum Gasteiger partial charge on any atom is -0.354 e. The van der Waals surface area contributed by atoms with Crippen molar-refractivity contribution in [2.75, 3.05) is 29.5 Å². The molecule has 0 spiro atoms. The van der Waals surface area contributed by atoms with Gasteiger partial charge in [0.25, 0.3) is 0 Å². The number of nitriles is 1. The van der Waals surface area contributed by atoms with Crippen molar-refractivity contribution in [3.05, 3.63) is 35.9 Å². The van der Waals surface area contributed by atoms with Crippen molar-refractivity contribution in [1.29, 1.82) is 5.26 Å². The van der Waals surface area contributed by atoms with E-state index in [0.29, 0.717) is 5.56 Å². The van der Waals surface area contributed by atoms with Gasteiger partial charge in [0.2, 0.25) is 0 Å². The highest BCUT2D eigenvalue weighted by Crippen LogP contribution is 2.25. The number of pyridine rings is 1. The maximum absolute atomic E-state index is 9.29. The number of benzene rings is 1. The van der Waals surface area contributed by atoms with Crippen LogP contribution in [0.5, 0.6) is 0 Å². The molecule has 0 radical (unpaired) electrons. The molecule has 3 rings (SSSR count). The molecule has 0 N–H and O–H groups in total. The molecule has 0 aliphatic carbocycles. The summed E-state index contributed by atoms with van der Waals surface area (Å²) in [6.45, 7) is 1.95. The normalized spacial score (nSPS) is 15.6. The number of para-hydroxylation sites is 1. The zero-order valence-electron chi connectivity index (χ0n) is 9.97. The molecule has 90 valence electrons. The average Bonchev–Trinajstić information content (AvgIpc) is 2.46. The molecule has 1 aliphatic rings. The van der Waals surface area contributed by atoms with Crippen LogP contribution in [0.2, 0.25) is 0 Å². The third-order valence-electron chi connectivity index (χ3n) is 3.13. The minimum absolute atomic E-state index is 0.681. The molecule has 1 aromatic heterocycles. The molecule has 0 saturated carbocycles. The van der Waals surface area contributed by atoms with Gasteiger partial charge in [-0.3, -0.25) is 0 Å². The van der Waals surface area contributed by atoms with E-state index in [0.717, 1.165) is 41.3 Å². The third-order valence-corrected chi connectivity index (χ3v) is 4.08. The number of nitrogens with zero attached hydrogens (tertiary/aromatic N) is 3. The Balaban J connectivity index is 2.11. The Morgan fingerprint density at radius 1 is 1.22 bits per heavy atom. The Morgan fingerprint density at radius 3 is 2.78 bits per heavy atom. The summed E-state index contributed by atoms with van der Waals surface area (Å²) in [5.74, 6) is 3.06. The van der Waals surface area contributed by atoms with Gasteiger partial charge in [0, 0.05) is 30.0 Å². The molecule has 1 fully saturated rings. The van der Waals surface area contributed by atoms with E-state index in [2.05, 4.69) is 16.0 Å². The SMILES string of the molecule is N#Cc1cc2ccccc2nc1N1CCSCC1. The van der Waals surface area contributed by atoms with Crippen LogP contribution in [0.4, 0.5) is 5.82 Å². The van der Waals surface area contributed by atoms with E-state index in [9.17, 15) is 5.26 Å². The van der Waals surface area contributed by atoms with Gasteiger partial charge in [-0.15, -0.1) is 0 Å². The van der Waals surface area contributed by atoms with Crippen LogP contribution in [0.15, 0.2) is 30.3 Å². The molecule has 0 unspecified atom stereocenters. The zero-order chi connectivity index (χ0) is 12.4. The Hall–Kier alpha value is -1.73. The maximum atomic E-state index is 9.29. The standard InChI is InChI=1S/C14H13N3S/c15-10-12-9-11-3-1-2-4-13(11)16-14(12)17-5-7-18-8-6-17/h1-4,9H,5-8H2. The summed E-state index contributed by atoms with van der Waals surface area (Å²) in [6, 6.07) is 12.2. The third kappa shape index (κ3) is 2.02. The first-order valence-electron chi connectivity index (χ1n) is 6.01. The molecule has 2 heterocycles. The number of aromatic nitrogens is 1. The van der Waals surface area contributed by atoms with E-state index in [1.807, 2.05) is 42.1 Å². The van der Waals surface area contributed by atoms with Gasteiger partial charge in [-0.1, -0.05) is 18.2 Å². The molecular formula is C14H13N3S. The molecule has 1 aromatic carbocycles. The summed E-state index contributed by atoms with van der Waals surface area (Å²) in [4.78, 5) is 6.89. The van der Waals surface area contributed by atoms with Crippen molar-refractivity contribution in [2.45, 2.75) is 0 Å². The topological polar surface area (TPSA) is 39.9 Å². The van der Waals surface area contributed by atoms with E-state index in [4.69, 9.17) is 0 Å². The van der Waals surface area contributed by atoms with Crippen molar-refractivity contribution >= 4 is 28.5 Å². The van der Waals surface area contributed by atoms with Gasteiger partial charge in [0.1, 0.15) is 11.9 Å². The lowest BCUT2D eigenvalue weighted by atomic mass is 10.1. The molecule has 4 heteroatoms. The fraction of sp³-hybridized carbons (Fsp3) is 0.286. The zero-order valence-corrected chi connectivity index (χ0v) is 10.8. The van der Waals surface area contributed by atoms with Crippen molar-refractivity contribution in [3.8, 4) is 6.07 Å². The summed E-state index contributed by atoms with van der Waals surface area (Å²) in [5, 5.41) is 10.3. The average molecular weight is 255 g/mol. The van der Waals surface area contributed by atoms with Crippen molar-refractivity contribution in [2.24, 2.45) is 0 Å². The Kier molecular flexibility index (Phi) is 3.07. The number of anilines is 1. The predicted octanol–water partition coefficient (Wildman–Crippen LogP) is 2.66. The summed E-state index contributed by atoms with van der Waals surface area (Å²) < 4.78 is 0. The van der Waals surface area contributed by atoms with Gasteiger partial charge >= 0.3 is 0 Å². The molecule has 0 amide bonds.